The highest BCUT2D eigenvalue weighted by Crippen LogP contribution is 2.37. The van der Waals surface area contributed by atoms with Crippen molar-refractivity contribution in [2.24, 2.45) is 0 Å². The molecule has 218 valence electrons. The molecule has 2 heterocycles. The minimum Gasteiger partial charge on any atom is -0.413 e. The number of aromatic nitrogens is 3. The Labute approximate surface area is 251 Å². The van der Waals surface area contributed by atoms with Gasteiger partial charge in [0.2, 0.25) is 0 Å². The van der Waals surface area contributed by atoms with Crippen LogP contribution in [0, 0.1) is 18.3 Å². The van der Waals surface area contributed by atoms with Crippen LogP contribution in [-0.4, -0.2) is 22.9 Å². The molecule has 7 heteroatoms. The Kier molecular flexibility index (Phi) is 9.60. The molecule has 0 N–H and O–H groups in total. The van der Waals surface area contributed by atoms with E-state index in [0.29, 0.717) is 31.0 Å². The molecule has 0 spiro atoms. The zero-order valence-corrected chi connectivity index (χ0v) is 27.0. The Morgan fingerprint density at radius 1 is 1.00 bits per heavy atom. The maximum atomic E-state index is 13.9. The van der Waals surface area contributed by atoms with Crippen molar-refractivity contribution >= 4 is 8.32 Å². The van der Waals surface area contributed by atoms with Gasteiger partial charge in [-0.3, -0.25) is 14.3 Å². The summed E-state index contributed by atoms with van der Waals surface area (Å²) in [7, 11) is -1.85. The van der Waals surface area contributed by atoms with Crippen molar-refractivity contribution in [1.82, 2.24) is 14.5 Å². The largest absolute Gasteiger partial charge is 0.413 e. The van der Waals surface area contributed by atoms with E-state index in [1.54, 1.807) is 4.57 Å². The molecular formula is C35H42N4O2Si. The minimum absolute atomic E-state index is 0.0167. The number of pyridine rings is 1. The van der Waals surface area contributed by atoms with Crippen LogP contribution in [0.4, 0.5) is 0 Å². The van der Waals surface area contributed by atoms with Gasteiger partial charge in [0.15, 0.2) is 8.32 Å². The summed E-state index contributed by atoms with van der Waals surface area (Å²) < 4.78 is 8.08. The molecule has 4 rings (SSSR count). The third-order valence-electron chi connectivity index (χ3n) is 8.33. The highest BCUT2D eigenvalue weighted by Gasteiger charge is 2.37. The molecule has 2 aromatic heterocycles. The summed E-state index contributed by atoms with van der Waals surface area (Å²) in [6, 6.07) is 22.0. The van der Waals surface area contributed by atoms with Gasteiger partial charge in [-0.25, -0.2) is 4.98 Å². The van der Waals surface area contributed by atoms with Gasteiger partial charge in [-0.2, -0.15) is 5.26 Å². The molecule has 0 fully saturated rings. The van der Waals surface area contributed by atoms with Gasteiger partial charge in [-0.1, -0.05) is 82.6 Å². The van der Waals surface area contributed by atoms with E-state index in [2.05, 4.69) is 51.8 Å². The predicted molar refractivity (Wildman–Crippen MR) is 172 cm³/mol. The zero-order valence-electron chi connectivity index (χ0n) is 26.0. The Hall–Kier alpha value is -3.86. The standard InChI is InChI=1S/C35H42N4O2Si/c1-8-11-33-32(20-26-14-17-28(18-15-26)31-13-10-9-12-29(31)21-36)34(40)39(25(2)38-33)23-30-19-16-27(22-37-30)24-41-42(6,7)35(3,4)5/h9-10,12-19,22H,8,11,20,23-24H2,1-7H3. The van der Waals surface area contributed by atoms with E-state index in [0.717, 1.165) is 52.0 Å². The Morgan fingerprint density at radius 3 is 2.31 bits per heavy atom. The van der Waals surface area contributed by atoms with Gasteiger partial charge in [-0.15, -0.1) is 0 Å². The first kappa shape index (κ1) is 31.1. The van der Waals surface area contributed by atoms with E-state index in [-0.39, 0.29) is 10.6 Å². The molecule has 42 heavy (non-hydrogen) atoms. The summed E-state index contributed by atoms with van der Waals surface area (Å²) in [6.45, 7) is 16.1. The van der Waals surface area contributed by atoms with Gasteiger partial charge >= 0.3 is 0 Å². The highest BCUT2D eigenvalue weighted by molar-refractivity contribution is 6.74. The number of hydrogen-bond donors (Lipinski definition) is 0. The second kappa shape index (κ2) is 13.0. The number of aryl methyl sites for hydroxylation is 2. The molecule has 6 nitrogen and oxygen atoms in total. The lowest BCUT2D eigenvalue weighted by Gasteiger charge is -2.36. The summed E-state index contributed by atoms with van der Waals surface area (Å²) in [6.07, 6.45) is 4.02. The second-order valence-corrected chi connectivity index (χ2v) is 17.3. The highest BCUT2D eigenvalue weighted by atomic mass is 28.4. The molecule has 0 amide bonds. The molecule has 0 saturated heterocycles. The van der Waals surface area contributed by atoms with Crippen LogP contribution in [0.1, 0.15) is 73.6 Å². The van der Waals surface area contributed by atoms with Crippen LogP contribution >= 0.6 is 0 Å². The van der Waals surface area contributed by atoms with Crippen LogP contribution < -0.4 is 5.56 Å². The quantitative estimate of drug-likeness (QED) is 0.181. The normalized spacial score (nSPS) is 11.9. The Morgan fingerprint density at radius 2 is 1.69 bits per heavy atom. The predicted octanol–water partition coefficient (Wildman–Crippen LogP) is 7.60. The van der Waals surface area contributed by atoms with E-state index >= 15 is 0 Å². The lowest BCUT2D eigenvalue weighted by atomic mass is 9.97. The lowest BCUT2D eigenvalue weighted by molar-refractivity contribution is 0.276. The third-order valence-corrected chi connectivity index (χ3v) is 12.8. The average Bonchev–Trinajstić information content (AvgIpc) is 2.96. The van der Waals surface area contributed by atoms with Gasteiger partial charge in [0.25, 0.3) is 5.56 Å². The van der Waals surface area contributed by atoms with E-state index in [1.807, 2.05) is 73.8 Å². The topological polar surface area (TPSA) is 80.8 Å². The number of rotatable bonds is 10. The van der Waals surface area contributed by atoms with Crippen molar-refractivity contribution in [1.29, 1.82) is 5.26 Å². The molecule has 0 unspecified atom stereocenters. The van der Waals surface area contributed by atoms with Crippen molar-refractivity contribution < 1.29 is 4.43 Å². The second-order valence-electron chi connectivity index (χ2n) is 12.5. The number of nitrogens with zero attached hydrogens (tertiary/aromatic N) is 4. The van der Waals surface area contributed by atoms with Gasteiger partial charge in [0.1, 0.15) is 5.82 Å². The average molecular weight is 579 g/mol. The molecule has 0 aliphatic heterocycles. The lowest BCUT2D eigenvalue weighted by Crippen LogP contribution is -2.40. The summed E-state index contributed by atoms with van der Waals surface area (Å²) in [5, 5.41) is 9.64. The smallest absolute Gasteiger partial charge is 0.257 e. The first-order valence-corrected chi connectivity index (χ1v) is 17.6. The molecule has 0 bridgehead atoms. The van der Waals surface area contributed by atoms with Crippen LogP contribution in [-0.2, 0) is 30.4 Å². The third kappa shape index (κ3) is 7.12. The van der Waals surface area contributed by atoms with Crippen molar-refractivity contribution in [3.8, 4) is 17.2 Å². The molecule has 0 aliphatic carbocycles. The van der Waals surface area contributed by atoms with Crippen LogP contribution in [0.3, 0.4) is 0 Å². The van der Waals surface area contributed by atoms with Crippen molar-refractivity contribution in [3.63, 3.8) is 0 Å². The van der Waals surface area contributed by atoms with Gasteiger partial charge in [0.05, 0.1) is 36.2 Å². The molecule has 0 saturated carbocycles. The van der Waals surface area contributed by atoms with E-state index in [1.165, 1.54) is 0 Å². The summed E-state index contributed by atoms with van der Waals surface area (Å²) in [5.41, 5.74) is 6.98. The fourth-order valence-electron chi connectivity index (χ4n) is 4.68. The van der Waals surface area contributed by atoms with Crippen molar-refractivity contribution in [3.05, 3.63) is 117 Å². The maximum Gasteiger partial charge on any atom is 0.257 e. The van der Waals surface area contributed by atoms with Gasteiger partial charge < -0.3 is 4.43 Å². The van der Waals surface area contributed by atoms with Crippen LogP contribution in [0.5, 0.6) is 0 Å². The van der Waals surface area contributed by atoms with Crippen molar-refractivity contribution in [2.45, 2.75) is 85.2 Å². The SMILES string of the molecule is CCCc1nc(C)n(Cc2ccc(CO[Si](C)(C)C(C)(C)C)cn2)c(=O)c1Cc1ccc(-c2ccccc2C#N)cc1. The molecule has 2 aromatic carbocycles. The van der Waals surface area contributed by atoms with Gasteiger partial charge in [0, 0.05) is 18.2 Å². The number of nitriles is 1. The first-order chi connectivity index (χ1) is 19.9. The maximum absolute atomic E-state index is 13.9. The number of benzene rings is 2. The van der Waals surface area contributed by atoms with E-state index in [4.69, 9.17) is 9.41 Å². The summed E-state index contributed by atoms with van der Waals surface area (Å²) >= 11 is 0. The van der Waals surface area contributed by atoms with Crippen LogP contribution in [0.25, 0.3) is 11.1 Å². The van der Waals surface area contributed by atoms with E-state index < -0.39 is 8.32 Å². The van der Waals surface area contributed by atoms with Gasteiger partial charge in [-0.05, 0) is 65.9 Å². The Bertz CT molecular complexity index is 1630. The molecule has 0 radical (unpaired) electrons. The first-order valence-electron chi connectivity index (χ1n) is 14.7. The summed E-state index contributed by atoms with van der Waals surface area (Å²) in [4.78, 5) is 23.4. The monoisotopic (exact) mass is 578 g/mol. The fraction of sp³-hybridized carbons (Fsp3) is 0.371. The molecule has 4 aromatic rings. The summed E-state index contributed by atoms with van der Waals surface area (Å²) in [5.74, 6) is 0.697. The molecule has 0 aliphatic rings. The van der Waals surface area contributed by atoms with Crippen molar-refractivity contribution in [2.75, 3.05) is 0 Å². The number of hydrogen-bond acceptors (Lipinski definition) is 5. The van der Waals surface area contributed by atoms with E-state index in [9.17, 15) is 10.1 Å². The molecule has 0 atom stereocenters. The zero-order chi connectivity index (χ0) is 30.5. The minimum atomic E-state index is -1.85. The van der Waals surface area contributed by atoms with Crippen LogP contribution in [0.15, 0.2) is 71.7 Å². The molecular weight excluding hydrogens is 536 g/mol. The Balaban J connectivity index is 1.56. The van der Waals surface area contributed by atoms with Crippen LogP contribution in [0.2, 0.25) is 18.1 Å². The fourth-order valence-corrected chi connectivity index (χ4v) is 5.64.